The minimum absolute atomic E-state index is 0.00156. The van der Waals surface area contributed by atoms with E-state index in [2.05, 4.69) is 5.32 Å². The quantitative estimate of drug-likeness (QED) is 0.534. The molecule has 11 heteroatoms. The summed E-state index contributed by atoms with van der Waals surface area (Å²) in [6.45, 7) is 3.32. The van der Waals surface area contributed by atoms with Crippen LogP contribution in [0.2, 0.25) is 10.0 Å². The third-order valence-corrected chi connectivity index (χ3v) is 8.61. The van der Waals surface area contributed by atoms with Gasteiger partial charge >= 0.3 is 0 Å². The summed E-state index contributed by atoms with van der Waals surface area (Å²) < 4.78 is 52.9. The van der Waals surface area contributed by atoms with Crippen LogP contribution in [-0.4, -0.2) is 58.7 Å². The van der Waals surface area contributed by atoms with Crippen LogP contribution in [-0.2, 0) is 14.8 Å². The first-order valence-corrected chi connectivity index (χ1v) is 13.0. The molecule has 34 heavy (non-hydrogen) atoms. The molecule has 2 aromatic rings. The van der Waals surface area contributed by atoms with E-state index < -0.39 is 21.3 Å². The molecule has 0 aromatic heterocycles. The van der Waals surface area contributed by atoms with Gasteiger partial charge in [0.1, 0.15) is 22.5 Å². The Morgan fingerprint density at radius 1 is 1.26 bits per heavy atom. The summed E-state index contributed by atoms with van der Waals surface area (Å²) in [4.78, 5) is -0.00156. The van der Waals surface area contributed by atoms with Gasteiger partial charge in [0.05, 0.1) is 23.8 Å². The Labute approximate surface area is 208 Å². The first kappa shape index (κ1) is 25.2. The molecule has 0 saturated carbocycles. The van der Waals surface area contributed by atoms with E-state index in [1.807, 2.05) is 0 Å². The molecular formula is C23H24Cl2FN3O4S. The largest absolute Gasteiger partial charge is 0.493 e. The highest BCUT2D eigenvalue weighted by molar-refractivity contribution is 7.89. The predicted octanol–water partition coefficient (Wildman–Crippen LogP) is 3.70. The molecule has 2 aliphatic rings. The minimum Gasteiger partial charge on any atom is -0.493 e. The van der Waals surface area contributed by atoms with Gasteiger partial charge in [0, 0.05) is 49.3 Å². The molecule has 0 aliphatic carbocycles. The van der Waals surface area contributed by atoms with Crippen LogP contribution >= 0.6 is 23.2 Å². The lowest BCUT2D eigenvalue weighted by Gasteiger charge is -2.49. The molecule has 2 saturated heterocycles. The van der Waals surface area contributed by atoms with Crippen LogP contribution in [0.15, 0.2) is 41.3 Å². The lowest BCUT2D eigenvalue weighted by Crippen LogP contribution is -2.64. The number of halogens is 3. The highest BCUT2D eigenvalue weighted by Crippen LogP contribution is 2.37. The zero-order chi connectivity index (χ0) is 24.3. The van der Waals surface area contributed by atoms with Crippen molar-refractivity contribution in [3.63, 3.8) is 0 Å². The van der Waals surface area contributed by atoms with Gasteiger partial charge in [0.25, 0.3) is 0 Å². The summed E-state index contributed by atoms with van der Waals surface area (Å²) in [6.07, 6.45) is 0.983. The molecule has 2 fully saturated rings. The fraction of sp³-hybridized carbons (Fsp3) is 0.435. The lowest BCUT2D eigenvalue weighted by molar-refractivity contribution is 0.0186. The van der Waals surface area contributed by atoms with Crippen LogP contribution in [0.4, 0.5) is 4.39 Å². The normalized spacial score (nSPS) is 20.0. The summed E-state index contributed by atoms with van der Waals surface area (Å²) in [5.41, 5.74) is -0.584. The maximum atomic E-state index is 14.0. The lowest BCUT2D eigenvalue weighted by atomic mass is 9.82. The molecule has 2 aromatic carbocycles. The molecule has 0 bridgehead atoms. The number of nitrogens with one attached hydrogen (secondary N) is 1. The molecule has 0 spiro atoms. The Morgan fingerprint density at radius 2 is 2.06 bits per heavy atom. The molecule has 2 heterocycles. The Hall–Kier alpha value is -1.93. The number of sulfonamides is 1. The van der Waals surface area contributed by atoms with E-state index in [-0.39, 0.29) is 40.9 Å². The van der Waals surface area contributed by atoms with Crippen molar-refractivity contribution in [1.82, 2.24) is 9.62 Å². The van der Waals surface area contributed by atoms with Crippen molar-refractivity contribution in [2.75, 3.05) is 46.0 Å². The number of ether oxygens (including phenoxy) is 2. The van der Waals surface area contributed by atoms with Crippen molar-refractivity contribution in [3.05, 3.63) is 57.8 Å². The van der Waals surface area contributed by atoms with Crippen molar-refractivity contribution in [3.8, 4) is 11.8 Å². The fourth-order valence-corrected chi connectivity index (χ4v) is 6.56. The van der Waals surface area contributed by atoms with Gasteiger partial charge in [0.15, 0.2) is 0 Å². The van der Waals surface area contributed by atoms with Crippen molar-refractivity contribution < 1.29 is 22.3 Å². The van der Waals surface area contributed by atoms with Crippen molar-refractivity contribution in [2.24, 2.45) is 11.3 Å². The predicted molar refractivity (Wildman–Crippen MR) is 126 cm³/mol. The van der Waals surface area contributed by atoms with E-state index in [1.165, 1.54) is 34.6 Å². The number of hydrogen-bond donors (Lipinski definition) is 1. The third-order valence-electron chi connectivity index (χ3n) is 6.10. The second-order valence-corrected chi connectivity index (χ2v) is 11.5. The van der Waals surface area contributed by atoms with Crippen molar-refractivity contribution in [2.45, 2.75) is 11.3 Å². The molecule has 4 rings (SSSR count). The molecule has 1 N–H and O–H groups in total. The molecule has 1 unspecified atom stereocenters. The Morgan fingerprint density at radius 3 is 2.71 bits per heavy atom. The fourth-order valence-electron chi connectivity index (χ4n) is 4.15. The molecule has 1 atom stereocenters. The maximum absolute atomic E-state index is 14.0. The van der Waals surface area contributed by atoms with E-state index in [1.54, 1.807) is 6.07 Å². The van der Waals surface area contributed by atoms with Gasteiger partial charge in [-0.2, -0.15) is 9.57 Å². The van der Waals surface area contributed by atoms with Gasteiger partial charge in [-0.15, -0.1) is 0 Å². The number of nitrogens with zero attached hydrogens (tertiary/aromatic N) is 2. The Kier molecular flexibility index (Phi) is 7.67. The molecule has 182 valence electrons. The SMILES string of the molecule is N#Cc1ccc(OCC2(CNCC3CCOC3)CN(S(=O)(=O)c3ccc(Cl)cc3Cl)C2)cc1F. The zero-order valence-electron chi connectivity index (χ0n) is 18.3. The van der Waals surface area contributed by atoms with Gasteiger partial charge < -0.3 is 14.8 Å². The summed E-state index contributed by atoms with van der Waals surface area (Å²) in [7, 11) is -3.82. The Balaban J connectivity index is 1.46. The second-order valence-electron chi connectivity index (χ2n) is 8.75. The highest BCUT2D eigenvalue weighted by Gasteiger charge is 2.49. The van der Waals surface area contributed by atoms with E-state index in [0.717, 1.165) is 25.6 Å². The van der Waals surface area contributed by atoms with Crippen LogP contribution in [0.3, 0.4) is 0 Å². The number of benzene rings is 2. The second kappa shape index (κ2) is 10.4. The first-order chi connectivity index (χ1) is 16.2. The van der Waals surface area contributed by atoms with Crippen LogP contribution in [0.25, 0.3) is 0 Å². The van der Waals surface area contributed by atoms with Crippen LogP contribution in [0.1, 0.15) is 12.0 Å². The summed E-state index contributed by atoms with van der Waals surface area (Å²) in [6, 6.07) is 10.1. The standard InChI is InChI=1S/C23H24Cl2FN3O4S/c24-18-2-4-22(20(25)7-18)34(30,31)29-13-23(14-29,12-28-10-16-5-6-32-11-16)15-33-19-3-1-17(9-27)21(26)8-19/h1-4,7-8,16,28H,5-6,10-15H2. The van der Waals surface area contributed by atoms with Crippen LogP contribution in [0.5, 0.6) is 5.75 Å². The summed E-state index contributed by atoms with van der Waals surface area (Å²) in [5, 5.41) is 12.7. The molecule has 7 nitrogen and oxygen atoms in total. The van der Waals surface area contributed by atoms with E-state index in [0.29, 0.717) is 24.1 Å². The van der Waals surface area contributed by atoms with Gasteiger partial charge in [-0.1, -0.05) is 23.2 Å². The highest BCUT2D eigenvalue weighted by atomic mass is 35.5. The van der Waals surface area contributed by atoms with E-state index in [4.69, 9.17) is 37.9 Å². The van der Waals surface area contributed by atoms with Gasteiger partial charge in [-0.25, -0.2) is 12.8 Å². The average molecular weight is 528 g/mol. The number of hydrogen-bond acceptors (Lipinski definition) is 6. The molecule has 0 radical (unpaired) electrons. The summed E-state index contributed by atoms with van der Waals surface area (Å²) >= 11 is 12.1. The van der Waals surface area contributed by atoms with Gasteiger partial charge in [0.2, 0.25) is 10.0 Å². The van der Waals surface area contributed by atoms with Gasteiger partial charge in [-0.05, 0) is 42.7 Å². The zero-order valence-corrected chi connectivity index (χ0v) is 20.6. The van der Waals surface area contributed by atoms with E-state index >= 15 is 0 Å². The monoisotopic (exact) mass is 527 g/mol. The number of nitriles is 1. The van der Waals surface area contributed by atoms with Crippen molar-refractivity contribution in [1.29, 1.82) is 5.26 Å². The first-order valence-electron chi connectivity index (χ1n) is 10.8. The van der Waals surface area contributed by atoms with Crippen molar-refractivity contribution >= 4 is 33.2 Å². The number of rotatable bonds is 9. The summed E-state index contributed by atoms with van der Waals surface area (Å²) in [5.74, 6) is 0.0316. The third kappa shape index (κ3) is 5.48. The topological polar surface area (TPSA) is 91.7 Å². The molecular weight excluding hydrogens is 504 g/mol. The minimum atomic E-state index is -3.82. The molecule has 0 amide bonds. The van der Waals surface area contributed by atoms with E-state index in [9.17, 15) is 12.8 Å². The van der Waals surface area contributed by atoms with Crippen LogP contribution in [0, 0.1) is 28.5 Å². The maximum Gasteiger partial charge on any atom is 0.244 e. The Bertz CT molecular complexity index is 1190. The molecule has 2 aliphatic heterocycles. The average Bonchev–Trinajstić information content (AvgIpc) is 3.28. The smallest absolute Gasteiger partial charge is 0.244 e. The van der Waals surface area contributed by atoms with Crippen LogP contribution < -0.4 is 10.1 Å². The van der Waals surface area contributed by atoms with Gasteiger partial charge in [-0.3, -0.25) is 0 Å².